The maximum atomic E-state index is 12.4. The summed E-state index contributed by atoms with van der Waals surface area (Å²) in [4.78, 5) is 27.4. The predicted molar refractivity (Wildman–Crippen MR) is 98.5 cm³/mol. The number of hydrogen-bond donors (Lipinski definition) is 1. The summed E-state index contributed by atoms with van der Waals surface area (Å²) in [7, 11) is 0. The minimum atomic E-state index is -0.197. The molecular weight excluding hydrogens is 352 g/mol. The van der Waals surface area contributed by atoms with E-state index in [4.69, 9.17) is 9.47 Å². The highest BCUT2D eigenvalue weighted by atomic mass is 32.2. The Morgan fingerprint density at radius 1 is 1.15 bits per heavy atom. The van der Waals surface area contributed by atoms with Gasteiger partial charge in [0.15, 0.2) is 11.5 Å². The number of carbonyl (C=O) groups is 2. The van der Waals surface area contributed by atoms with Gasteiger partial charge in [-0.2, -0.15) is 0 Å². The quantitative estimate of drug-likeness (QED) is 0.896. The molecule has 0 saturated carbocycles. The fourth-order valence-electron chi connectivity index (χ4n) is 2.94. The van der Waals surface area contributed by atoms with Crippen molar-refractivity contribution in [2.45, 2.75) is 17.9 Å². The molecule has 0 saturated heterocycles. The van der Waals surface area contributed by atoms with Crippen LogP contribution >= 0.6 is 11.8 Å². The van der Waals surface area contributed by atoms with E-state index in [0.29, 0.717) is 24.5 Å². The zero-order valence-corrected chi connectivity index (χ0v) is 14.9. The Balaban J connectivity index is 1.42. The molecule has 26 heavy (non-hydrogen) atoms. The van der Waals surface area contributed by atoms with E-state index < -0.39 is 0 Å². The second kappa shape index (κ2) is 7.29. The Labute approximate surface area is 155 Å². The number of ether oxygens (including phenoxy) is 2. The highest BCUT2D eigenvalue weighted by Gasteiger charge is 2.24. The third-order valence-corrected chi connectivity index (χ3v) is 5.32. The molecule has 0 radical (unpaired) electrons. The SMILES string of the molecule is O=C(CN1C(=O)CCSc2ccccc21)NCc1ccc2c(c1)OCO2. The number of benzene rings is 2. The summed E-state index contributed by atoms with van der Waals surface area (Å²) in [5.41, 5.74) is 1.72. The third kappa shape index (κ3) is 3.48. The Bertz CT molecular complexity index is 855. The average molecular weight is 370 g/mol. The lowest BCUT2D eigenvalue weighted by Crippen LogP contribution is -2.40. The highest BCUT2D eigenvalue weighted by Crippen LogP contribution is 2.34. The molecule has 0 aromatic heterocycles. The molecule has 0 bridgehead atoms. The number of fused-ring (bicyclic) bond motifs is 2. The Kier molecular flexibility index (Phi) is 4.71. The molecule has 0 unspecified atom stereocenters. The first kappa shape index (κ1) is 16.8. The standard InChI is InChI=1S/C19H18N2O4S/c22-18(20-10-13-5-6-15-16(9-13)25-12-24-15)11-21-14-3-1-2-4-17(14)26-8-7-19(21)23/h1-6,9H,7-8,10-12H2,(H,20,22). The van der Waals surface area contributed by atoms with Crippen molar-refractivity contribution < 1.29 is 19.1 Å². The Hall–Kier alpha value is -2.67. The van der Waals surface area contributed by atoms with E-state index in [1.807, 2.05) is 42.5 Å². The molecule has 2 aromatic rings. The first-order chi connectivity index (χ1) is 12.7. The third-order valence-electron chi connectivity index (χ3n) is 4.26. The van der Waals surface area contributed by atoms with Crippen molar-refractivity contribution in [3.05, 3.63) is 48.0 Å². The van der Waals surface area contributed by atoms with Gasteiger partial charge in [0.2, 0.25) is 18.6 Å². The molecule has 134 valence electrons. The molecule has 2 aliphatic rings. The summed E-state index contributed by atoms with van der Waals surface area (Å²) >= 11 is 1.65. The van der Waals surface area contributed by atoms with Gasteiger partial charge >= 0.3 is 0 Å². The smallest absolute Gasteiger partial charge is 0.240 e. The topological polar surface area (TPSA) is 67.9 Å². The van der Waals surface area contributed by atoms with Crippen molar-refractivity contribution in [2.24, 2.45) is 0 Å². The lowest BCUT2D eigenvalue weighted by Gasteiger charge is -2.22. The molecule has 7 heteroatoms. The molecular formula is C19H18N2O4S. The van der Waals surface area contributed by atoms with Gasteiger partial charge < -0.3 is 19.7 Å². The van der Waals surface area contributed by atoms with Gasteiger partial charge in [0.1, 0.15) is 6.54 Å². The lowest BCUT2D eigenvalue weighted by atomic mass is 10.2. The van der Waals surface area contributed by atoms with E-state index in [0.717, 1.165) is 21.9 Å². The van der Waals surface area contributed by atoms with Crippen molar-refractivity contribution >= 4 is 29.3 Å². The molecule has 1 N–H and O–H groups in total. The number of amides is 2. The van der Waals surface area contributed by atoms with E-state index in [9.17, 15) is 9.59 Å². The van der Waals surface area contributed by atoms with Crippen molar-refractivity contribution in [3.63, 3.8) is 0 Å². The summed E-state index contributed by atoms with van der Waals surface area (Å²) in [6.07, 6.45) is 0.425. The van der Waals surface area contributed by atoms with Gasteiger partial charge in [-0.3, -0.25) is 9.59 Å². The van der Waals surface area contributed by atoms with Gasteiger partial charge in [0.25, 0.3) is 0 Å². The minimum Gasteiger partial charge on any atom is -0.454 e. The Morgan fingerprint density at radius 3 is 2.92 bits per heavy atom. The van der Waals surface area contributed by atoms with E-state index in [1.165, 1.54) is 0 Å². The Morgan fingerprint density at radius 2 is 2.00 bits per heavy atom. The molecule has 0 spiro atoms. The maximum Gasteiger partial charge on any atom is 0.240 e. The summed E-state index contributed by atoms with van der Waals surface area (Å²) in [6.45, 7) is 0.606. The number of para-hydroxylation sites is 1. The van der Waals surface area contributed by atoms with Crippen molar-refractivity contribution in [2.75, 3.05) is 24.0 Å². The van der Waals surface area contributed by atoms with Gasteiger partial charge in [-0.15, -0.1) is 11.8 Å². The van der Waals surface area contributed by atoms with Gasteiger partial charge in [0.05, 0.1) is 5.69 Å². The lowest BCUT2D eigenvalue weighted by molar-refractivity contribution is -0.123. The van der Waals surface area contributed by atoms with Crippen molar-refractivity contribution in [1.82, 2.24) is 5.32 Å². The zero-order chi connectivity index (χ0) is 17.9. The van der Waals surface area contributed by atoms with Crippen LogP contribution in [-0.2, 0) is 16.1 Å². The minimum absolute atomic E-state index is 0.0148. The predicted octanol–water partition coefficient (Wildman–Crippen LogP) is 2.56. The van der Waals surface area contributed by atoms with E-state index in [2.05, 4.69) is 5.32 Å². The molecule has 0 atom stereocenters. The van der Waals surface area contributed by atoms with Crippen LogP contribution < -0.4 is 19.7 Å². The number of nitrogens with one attached hydrogen (secondary N) is 1. The molecule has 0 fully saturated rings. The monoisotopic (exact) mass is 370 g/mol. The number of nitrogens with zero attached hydrogens (tertiary/aromatic N) is 1. The normalized spacial score (nSPS) is 15.4. The van der Waals surface area contributed by atoms with E-state index in [-0.39, 0.29) is 25.2 Å². The first-order valence-corrected chi connectivity index (χ1v) is 9.37. The molecule has 2 aliphatic heterocycles. The summed E-state index contributed by atoms with van der Waals surface area (Å²) in [5, 5.41) is 2.87. The fraction of sp³-hybridized carbons (Fsp3) is 0.263. The van der Waals surface area contributed by atoms with Crippen LogP contribution in [0.2, 0.25) is 0 Å². The van der Waals surface area contributed by atoms with Crippen molar-refractivity contribution in [1.29, 1.82) is 0 Å². The summed E-state index contributed by atoms with van der Waals surface area (Å²) in [6, 6.07) is 13.3. The molecule has 2 aromatic carbocycles. The van der Waals surface area contributed by atoms with E-state index in [1.54, 1.807) is 16.7 Å². The molecule has 4 rings (SSSR count). The van der Waals surface area contributed by atoms with E-state index >= 15 is 0 Å². The van der Waals surface area contributed by atoms with Gasteiger partial charge in [-0.25, -0.2) is 0 Å². The molecule has 2 heterocycles. The van der Waals surface area contributed by atoms with Crippen LogP contribution in [0.15, 0.2) is 47.4 Å². The number of carbonyl (C=O) groups excluding carboxylic acids is 2. The fourth-order valence-corrected chi connectivity index (χ4v) is 3.94. The second-order valence-corrected chi connectivity index (χ2v) is 7.15. The van der Waals surface area contributed by atoms with Gasteiger partial charge in [-0.05, 0) is 29.8 Å². The van der Waals surface area contributed by atoms with Crippen LogP contribution in [0.5, 0.6) is 11.5 Å². The van der Waals surface area contributed by atoms with Crippen LogP contribution in [0.1, 0.15) is 12.0 Å². The van der Waals surface area contributed by atoms with Crippen LogP contribution in [0, 0.1) is 0 Å². The van der Waals surface area contributed by atoms with Crippen molar-refractivity contribution in [3.8, 4) is 11.5 Å². The average Bonchev–Trinajstić information content (AvgIpc) is 3.06. The number of thioether (sulfide) groups is 1. The highest BCUT2D eigenvalue weighted by molar-refractivity contribution is 7.99. The van der Waals surface area contributed by atoms with Crippen LogP contribution in [-0.4, -0.2) is 30.9 Å². The molecule has 6 nitrogen and oxygen atoms in total. The largest absolute Gasteiger partial charge is 0.454 e. The van der Waals surface area contributed by atoms with Crippen LogP contribution in [0.4, 0.5) is 5.69 Å². The maximum absolute atomic E-state index is 12.4. The summed E-state index contributed by atoms with van der Waals surface area (Å²) < 4.78 is 10.6. The number of hydrogen-bond acceptors (Lipinski definition) is 5. The first-order valence-electron chi connectivity index (χ1n) is 8.38. The van der Waals surface area contributed by atoms with Gasteiger partial charge in [0, 0.05) is 23.6 Å². The number of rotatable bonds is 4. The summed E-state index contributed by atoms with van der Waals surface area (Å²) in [5.74, 6) is 1.90. The van der Waals surface area contributed by atoms with Gasteiger partial charge in [-0.1, -0.05) is 18.2 Å². The number of anilines is 1. The second-order valence-electron chi connectivity index (χ2n) is 6.01. The van der Waals surface area contributed by atoms with Crippen LogP contribution in [0.3, 0.4) is 0 Å². The van der Waals surface area contributed by atoms with Crippen LogP contribution in [0.25, 0.3) is 0 Å². The molecule has 2 amide bonds. The zero-order valence-electron chi connectivity index (χ0n) is 14.1. The molecule has 0 aliphatic carbocycles.